The van der Waals surface area contributed by atoms with Crippen LogP contribution in [0.3, 0.4) is 0 Å². The van der Waals surface area contributed by atoms with Gasteiger partial charge in [0.1, 0.15) is 5.01 Å². The molecule has 0 aromatic carbocycles. The maximum absolute atomic E-state index is 12.1. The van der Waals surface area contributed by atoms with E-state index < -0.39 is 15.3 Å². The Morgan fingerprint density at radius 1 is 1.33 bits per heavy atom. The van der Waals surface area contributed by atoms with Crippen LogP contribution in [-0.2, 0) is 10.0 Å². The van der Waals surface area contributed by atoms with Crippen LogP contribution >= 0.6 is 11.3 Å². The number of thiazole rings is 1. The Hall–Kier alpha value is -0.500. The van der Waals surface area contributed by atoms with Crippen molar-refractivity contribution >= 4 is 21.4 Å². The van der Waals surface area contributed by atoms with Gasteiger partial charge in [-0.2, -0.15) is 0 Å². The number of nitrogens with one attached hydrogen (secondary N) is 2. The Morgan fingerprint density at radius 3 is 2.50 bits per heavy atom. The normalized spacial score (nSPS) is 15.8. The largest absolute Gasteiger partial charge is 0.313 e. The van der Waals surface area contributed by atoms with Gasteiger partial charge in [0, 0.05) is 24.2 Å². The average molecular weight is 291 g/mol. The lowest BCUT2D eigenvalue weighted by atomic mass is 10.3. The zero-order valence-electron chi connectivity index (χ0n) is 11.2. The molecule has 0 aliphatic rings. The van der Waals surface area contributed by atoms with Crippen LogP contribution < -0.4 is 10.0 Å². The summed E-state index contributed by atoms with van der Waals surface area (Å²) in [5.41, 5.74) is 0. The second-order valence-corrected chi connectivity index (χ2v) is 7.69. The summed E-state index contributed by atoms with van der Waals surface area (Å²) >= 11 is 1.45. The molecule has 0 fully saturated rings. The van der Waals surface area contributed by atoms with E-state index in [-0.39, 0.29) is 12.1 Å². The van der Waals surface area contributed by atoms with Gasteiger partial charge in [0.2, 0.25) is 10.0 Å². The number of hydrogen-bond acceptors (Lipinski definition) is 5. The van der Waals surface area contributed by atoms with E-state index in [9.17, 15) is 8.42 Å². The van der Waals surface area contributed by atoms with Crippen molar-refractivity contribution in [1.29, 1.82) is 0 Å². The quantitative estimate of drug-likeness (QED) is 0.799. The van der Waals surface area contributed by atoms with Crippen molar-refractivity contribution in [3.63, 3.8) is 0 Å². The molecule has 0 bridgehead atoms. The molecule has 18 heavy (non-hydrogen) atoms. The highest BCUT2D eigenvalue weighted by molar-refractivity contribution is 7.90. The highest BCUT2D eigenvalue weighted by Crippen LogP contribution is 2.16. The summed E-state index contributed by atoms with van der Waals surface area (Å²) in [6.45, 7) is 7.93. The Morgan fingerprint density at radius 2 is 2.00 bits per heavy atom. The maximum atomic E-state index is 12.1. The van der Waals surface area contributed by atoms with Gasteiger partial charge in [0.05, 0.1) is 11.3 Å². The zero-order valence-corrected chi connectivity index (χ0v) is 12.8. The first kappa shape index (κ1) is 15.6. The summed E-state index contributed by atoms with van der Waals surface area (Å²) in [7, 11) is -3.33. The lowest BCUT2D eigenvalue weighted by molar-refractivity contribution is 0.531. The Kier molecular flexibility index (Phi) is 5.71. The van der Waals surface area contributed by atoms with Gasteiger partial charge < -0.3 is 5.32 Å². The van der Waals surface area contributed by atoms with Crippen molar-refractivity contribution in [2.45, 2.75) is 45.0 Å². The molecule has 1 aromatic heterocycles. The third kappa shape index (κ3) is 4.64. The molecule has 2 atom stereocenters. The molecular weight excluding hydrogens is 270 g/mol. The second kappa shape index (κ2) is 6.60. The molecule has 1 heterocycles. The molecule has 7 heteroatoms. The summed E-state index contributed by atoms with van der Waals surface area (Å²) in [5.74, 6) is 0. The third-order valence-electron chi connectivity index (χ3n) is 2.51. The Labute approximate surface area is 113 Å². The molecule has 104 valence electrons. The van der Waals surface area contributed by atoms with Gasteiger partial charge in [-0.15, -0.1) is 11.3 Å². The zero-order chi connectivity index (χ0) is 13.8. The van der Waals surface area contributed by atoms with Crippen LogP contribution in [0.5, 0.6) is 0 Å². The van der Waals surface area contributed by atoms with Crippen LogP contribution in [0.25, 0.3) is 0 Å². The summed E-state index contributed by atoms with van der Waals surface area (Å²) in [6, 6.07) is -0.00413. The summed E-state index contributed by atoms with van der Waals surface area (Å²) in [5, 5.41) is 5.27. The fourth-order valence-electron chi connectivity index (χ4n) is 1.37. The smallest absolute Gasteiger partial charge is 0.216 e. The van der Waals surface area contributed by atoms with Gasteiger partial charge in [0.15, 0.2) is 0 Å². The van der Waals surface area contributed by atoms with Crippen LogP contribution in [0.4, 0.5) is 0 Å². The molecule has 2 N–H and O–H groups in total. The van der Waals surface area contributed by atoms with Crippen molar-refractivity contribution in [2.24, 2.45) is 0 Å². The molecule has 0 aliphatic carbocycles. The van der Waals surface area contributed by atoms with E-state index in [1.54, 1.807) is 20.0 Å². The molecule has 0 radical (unpaired) electrons. The van der Waals surface area contributed by atoms with Crippen LogP contribution in [0, 0.1) is 0 Å². The van der Waals surface area contributed by atoms with Crippen LogP contribution in [0.15, 0.2) is 11.6 Å². The summed E-state index contributed by atoms with van der Waals surface area (Å²) in [6.07, 6.45) is 1.68. The number of sulfonamides is 1. The van der Waals surface area contributed by atoms with Gasteiger partial charge >= 0.3 is 0 Å². The number of nitrogens with zero attached hydrogens (tertiary/aromatic N) is 1. The minimum Gasteiger partial charge on any atom is -0.313 e. The predicted octanol–water partition coefficient (Wildman–Crippen LogP) is 1.51. The van der Waals surface area contributed by atoms with Crippen LogP contribution in [0.1, 0.15) is 38.7 Å². The minimum absolute atomic E-state index is 0.277. The fraction of sp³-hybridized carbons (Fsp3) is 0.727. The van der Waals surface area contributed by atoms with Gasteiger partial charge in [-0.3, -0.25) is 0 Å². The SMILES string of the molecule is CC(C)NCC(C)S(=O)(=O)NC(C)c1nccs1. The van der Waals surface area contributed by atoms with E-state index >= 15 is 0 Å². The highest BCUT2D eigenvalue weighted by atomic mass is 32.2. The van der Waals surface area contributed by atoms with Crippen molar-refractivity contribution in [3.05, 3.63) is 16.6 Å². The topological polar surface area (TPSA) is 71.1 Å². The van der Waals surface area contributed by atoms with Crippen molar-refractivity contribution in [1.82, 2.24) is 15.0 Å². The van der Waals surface area contributed by atoms with Gasteiger partial charge in [-0.25, -0.2) is 18.1 Å². The van der Waals surface area contributed by atoms with E-state index in [0.717, 1.165) is 5.01 Å². The molecule has 0 aliphatic heterocycles. The molecule has 0 saturated carbocycles. The third-order valence-corrected chi connectivity index (χ3v) is 5.37. The van der Waals surface area contributed by atoms with Gasteiger partial charge in [0.25, 0.3) is 0 Å². The first-order valence-electron chi connectivity index (χ1n) is 5.97. The highest BCUT2D eigenvalue weighted by Gasteiger charge is 2.24. The van der Waals surface area contributed by atoms with E-state index in [4.69, 9.17) is 0 Å². The first-order valence-corrected chi connectivity index (χ1v) is 8.39. The Bertz CT molecular complexity index is 443. The van der Waals surface area contributed by atoms with E-state index in [2.05, 4.69) is 15.0 Å². The molecular formula is C11H21N3O2S2. The minimum atomic E-state index is -3.33. The second-order valence-electron chi connectivity index (χ2n) is 4.63. The predicted molar refractivity (Wildman–Crippen MR) is 75.2 cm³/mol. The molecule has 0 saturated heterocycles. The lowest BCUT2D eigenvalue weighted by Gasteiger charge is -2.18. The lowest BCUT2D eigenvalue weighted by Crippen LogP contribution is -2.41. The molecule has 1 rings (SSSR count). The monoisotopic (exact) mass is 291 g/mol. The van der Waals surface area contributed by atoms with E-state index in [1.165, 1.54) is 11.3 Å². The molecule has 1 aromatic rings. The standard InChI is InChI=1S/C11H21N3O2S2/c1-8(2)13-7-9(3)18(15,16)14-10(4)11-12-5-6-17-11/h5-6,8-10,13-14H,7H2,1-4H3. The number of rotatable bonds is 7. The first-order chi connectivity index (χ1) is 8.33. The van der Waals surface area contributed by atoms with Crippen molar-refractivity contribution in [2.75, 3.05) is 6.54 Å². The Balaban J connectivity index is 2.58. The van der Waals surface area contributed by atoms with Crippen LogP contribution in [-0.4, -0.2) is 31.2 Å². The molecule has 0 amide bonds. The molecule has 5 nitrogen and oxygen atoms in total. The number of aromatic nitrogens is 1. The summed E-state index contributed by atoms with van der Waals surface area (Å²) < 4.78 is 26.8. The average Bonchev–Trinajstić information content (AvgIpc) is 2.78. The maximum Gasteiger partial charge on any atom is 0.216 e. The van der Waals surface area contributed by atoms with Gasteiger partial charge in [-0.05, 0) is 13.8 Å². The molecule has 2 unspecified atom stereocenters. The molecule has 0 spiro atoms. The van der Waals surface area contributed by atoms with E-state index in [0.29, 0.717) is 6.54 Å². The van der Waals surface area contributed by atoms with E-state index in [1.807, 2.05) is 19.2 Å². The van der Waals surface area contributed by atoms with Crippen molar-refractivity contribution in [3.8, 4) is 0 Å². The van der Waals surface area contributed by atoms with Crippen LogP contribution in [0.2, 0.25) is 0 Å². The number of hydrogen-bond donors (Lipinski definition) is 2. The van der Waals surface area contributed by atoms with Crippen molar-refractivity contribution < 1.29 is 8.42 Å². The summed E-state index contributed by atoms with van der Waals surface area (Å²) in [4.78, 5) is 4.11. The van der Waals surface area contributed by atoms with Gasteiger partial charge in [-0.1, -0.05) is 13.8 Å². The fourth-order valence-corrected chi connectivity index (χ4v) is 3.25.